The average Bonchev–Trinajstić information content (AvgIpc) is 3.49. The summed E-state index contributed by atoms with van der Waals surface area (Å²) in [6, 6.07) is 18.4. The zero-order valence-electron chi connectivity index (χ0n) is 19.1. The summed E-state index contributed by atoms with van der Waals surface area (Å²) in [5, 5.41) is 8.43. The number of hydrogen-bond acceptors (Lipinski definition) is 3. The van der Waals surface area contributed by atoms with Gasteiger partial charge < -0.3 is 15.6 Å². The third kappa shape index (κ3) is 5.17. The van der Waals surface area contributed by atoms with Gasteiger partial charge in [-0.1, -0.05) is 63.5 Å². The van der Waals surface area contributed by atoms with Crippen molar-refractivity contribution in [2.45, 2.75) is 70.3 Å². The number of aromatic amines is 1. The Bertz CT molecular complexity index is 1030. The predicted molar refractivity (Wildman–Crippen MR) is 137 cm³/mol. The van der Waals surface area contributed by atoms with Gasteiger partial charge in [0.15, 0.2) is 0 Å². The topological polar surface area (TPSA) is 52.2 Å². The number of H-pyrrole nitrogens is 1. The molecule has 1 fully saturated rings. The highest BCUT2D eigenvalue weighted by Crippen LogP contribution is 2.27. The first-order valence-corrected chi connectivity index (χ1v) is 12.6. The Morgan fingerprint density at radius 1 is 0.750 bits per heavy atom. The molecule has 5 rings (SSSR count). The number of aromatic nitrogens is 1. The van der Waals surface area contributed by atoms with Crippen LogP contribution in [0.1, 0.15) is 69.8 Å². The Kier molecular flexibility index (Phi) is 6.76. The molecular formula is C28H36N4. The van der Waals surface area contributed by atoms with E-state index in [1.54, 1.807) is 0 Å². The minimum Gasteiger partial charge on any atom is -0.382 e. The van der Waals surface area contributed by atoms with Crippen LogP contribution in [-0.4, -0.2) is 30.0 Å². The molecule has 0 radical (unpaired) electrons. The quantitative estimate of drug-likeness (QED) is 0.424. The molecule has 0 atom stereocenters. The van der Waals surface area contributed by atoms with E-state index in [1.165, 1.54) is 97.6 Å². The van der Waals surface area contributed by atoms with Crippen molar-refractivity contribution < 1.29 is 0 Å². The van der Waals surface area contributed by atoms with E-state index in [4.69, 9.17) is 0 Å². The Morgan fingerprint density at radius 3 is 2.12 bits per heavy atom. The van der Waals surface area contributed by atoms with Crippen LogP contribution in [0.5, 0.6) is 0 Å². The largest absolute Gasteiger partial charge is 0.382 e. The Labute approximate surface area is 191 Å². The molecule has 0 bridgehead atoms. The lowest BCUT2D eigenvalue weighted by molar-refractivity contribution is 0.535. The van der Waals surface area contributed by atoms with E-state index in [2.05, 4.69) is 69.1 Å². The van der Waals surface area contributed by atoms with E-state index in [9.17, 15) is 0 Å². The lowest BCUT2D eigenvalue weighted by Crippen LogP contribution is -2.19. The van der Waals surface area contributed by atoms with Gasteiger partial charge in [0.05, 0.1) is 6.54 Å². The molecule has 2 aromatic carbocycles. The van der Waals surface area contributed by atoms with Gasteiger partial charge in [-0.2, -0.15) is 0 Å². The van der Waals surface area contributed by atoms with Crippen LogP contribution in [0.4, 0.5) is 5.69 Å². The standard InChI is InChI=1S/C28H36N4/c1-2-4-6-8-10-24(9-7-5-3-1)31-25-14-11-21(12-15-25)27-20-23-19-22(13-16-26(23)32-27)28-29-17-18-30-28/h11-16,19-20,24,31-32H,1-10,17-18H2,(H,29,30). The van der Waals surface area contributed by atoms with E-state index < -0.39 is 0 Å². The minimum atomic E-state index is 0.609. The molecule has 168 valence electrons. The molecule has 3 N–H and O–H groups in total. The summed E-state index contributed by atoms with van der Waals surface area (Å²) >= 11 is 0. The molecule has 1 aromatic heterocycles. The maximum Gasteiger partial charge on any atom is 0.128 e. The number of benzene rings is 2. The number of amidine groups is 1. The van der Waals surface area contributed by atoms with Crippen LogP contribution >= 0.6 is 0 Å². The molecule has 0 amide bonds. The predicted octanol–water partition coefficient (Wildman–Crippen LogP) is 6.88. The summed E-state index contributed by atoms with van der Waals surface area (Å²) in [5.41, 5.74) is 5.98. The second-order valence-electron chi connectivity index (χ2n) is 9.47. The van der Waals surface area contributed by atoms with Gasteiger partial charge in [0, 0.05) is 40.4 Å². The number of rotatable bonds is 4. The van der Waals surface area contributed by atoms with E-state index in [-0.39, 0.29) is 0 Å². The van der Waals surface area contributed by atoms with E-state index in [0.717, 1.165) is 18.9 Å². The van der Waals surface area contributed by atoms with Gasteiger partial charge in [0.1, 0.15) is 5.84 Å². The highest BCUT2D eigenvalue weighted by Gasteiger charge is 2.12. The molecule has 4 heteroatoms. The molecular weight excluding hydrogens is 392 g/mol. The van der Waals surface area contributed by atoms with Crippen LogP contribution in [-0.2, 0) is 0 Å². The molecule has 32 heavy (non-hydrogen) atoms. The zero-order chi connectivity index (χ0) is 21.6. The number of aliphatic imine (C=N–C) groups is 1. The van der Waals surface area contributed by atoms with Crippen molar-refractivity contribution in [1.29, 1.82) is 0 Å². The summed E-state index contributed by atoms with van der Waals surface area (Å²) in [6.07, 6.45) is 13.8. The normalized spacial score (nSPS) is 18.7. The molecule has 1 saturated carbocycles. The molecule has 0 spiro atoms. The molecule has 0 unspecified atom stereocenters. The van der Waals surface area contributed by atoms with Gasteiger partial charge in [-0.25, -0.2) is 0 Å². The number of anilines is 1. The molecule has 4 nitrogen and oxygen atoms in total. The summed E-state index contributed by atoms with van der Waals surface area (Å²) in [7, 11) is 0. The molecule has 1 aliphatic carbocycles. The third-order valence-corrected chi connectivity index (χ3v) is 6.99. The molecule has 2 heterocycles. The first-order chi connectivity index (χ1) is 15.8. The summed E-state index contributed by atoms with van der Waals surface area (Å²) < 4.78 is 0. The second-order valence-corrected chi connectivity index (χ2v) is 9.47. The van der Waals surface area contributed by atoms with Gasteiger partial charge >= 0.3 is 0 Å². The highest BCUT2D eigenvalue weighted by atomic mass is 15.1. The SMILES string of the molecule is c1cc(-c2cc3cc(C4=NCCN4)ccc3[nH]2)ccc1NC1CCCCCCCCCC1. The van der Waals surface area contributed by atoms with Crippen molar-refractivity contribution in [3.8, 4) is 11.3 Å². The fourth-order valence-corrected chi connectivity index (χ4v) is 5.14. The van der Waals surface area contributed by atoms with Crippen molar-refractivity contribution in [3.63, 3.8) is 0 Å². The summed E-state index contributed by atoms with van der Waals surface area (Å²) in [4.78, 5) is 8.13. The van der Waals surface area contributed by atoms with E-state index >= 15 is 0 Å². The van der Waals surface area contributed by atoms with E-state index in [1.807, 2.05) is 0 Å². The van der Waals surface area contributed by atoms with Crippen LogP contribution in [0.3, 0.4) is 0 Å². The fraction of sp³-hybridized carbons (Fsp3) is 0.464. The van der Waals surface area contributed by atoms with Crippen LogP contribution in [0.25, 0.3) is 22.2 Å². The lowest BCUT2D eigenvalue weighted by atomic mass is 10.0. The second kappa shape index (κ2) is 10.2. The number of nitrogens with zero attached hydrogens (tertiary/aromatic N) is 1. The first kappa shape index (κ1) is 21.1. The molecule has 1 aliphatic heterocycles. The first-order valence-electron chi connectivity index (χ1n) is 12.6. The van der Waals surface area contributed by atoms with Crippen molar-refractivity contribution in [2.75, 3.05) is 18.4 Å². The number of nitrogens with one attached hydrogen (secondary N) is 3. The molecule has 3 aromatic rings. The van der Waals surface area contributed by atoms with Crippen LogP contribution in [0.15, 0.2) is 53.5 Å². The van der Waals surface area contributed by atoms with Crippen molar-refractivity contribution in [2.24, 2.45) is 4.99 Å². The Morgan fingerprint density at radius 2 is 1.44 bits per heavy atom. The van der Waals surface area contributed by atoms with Crippen molar-refractivity contribution >= 4 is 22.4 Å². The van der Waals surface area contributed by atoms with Gasteiger partial charge in [-0.15, -0.1) is 0 Å². The van der Waals surface area contributed by atoms with Crippen molar-refractivity contribution in [3.05, 3.63) is 54.1 Å². The zero-order valence-corrected chi connectivity index (χ0v) is 19.1. The molecule has 0 saturated heterocycles. The fourth-order valence-electron chi connectivity index (χ4n) is 5.14. The van der Waals surface area contributed by atoms with Crippen LogP contribution < -0.4 is 10.6 Å². The van der Waals surface area contributed by atoms with Gasteiger partial charge in [-0.05, 0) is 54.8 Å². The number of fused-ring (bicyclic) bond motifs is 1. The van der Waals surface area contributed by atoms with Gasteiger partial charge in [-0.3, -0.25) is 4.99 Å². The summed E-state index contributed by atoms with van der Waals surface area (Å²) in [6.45, 7) is 1.81. The van der Waals surface area contributed by atoms with Gasteiger partial charge in [0.2, 0.25) is 0 Å². The number of hydrogen-bond donors (Lipinski definition) is 3. The van der Waals surface area contributed by atoms with Crippen molar-refractivity contribution in [1.82, 2.24) is 10.3 Å². The Balaban J connectivity index is 1.26. The smallest absolute Gasteiger partial charge is 0.128 e. The Hall–Kier alpha value is -2.75. The minimum absolute atomic E-state index is 0.609. The highest BCUT2D eigenvalue weighted by molar-refractivity contribution is 6.03. The van der Waals surface area contributed by atoms with Crippen LogP contribution in [0.2, 0.25) is 0 Å². The third-order valence-electron chi connectivity index (χ3n) is 6.99. The summed E-state index contributed by atoms with van der Waals surface area (Å²) in [5.74, 6) is 1.02. The van der Waals surface area contributed by atoms with Gasteiger partial charge in [0.25, 0.3) is 0 Å². The van der Waals surface area contributed by atoms with Crippen LogP contribution in [0, 0.1) is 0 Å². The molecule has 2 aliphatic rings. The van der Waals surface area contributed by atoms with E-state index in [0.29, 0.717) is 6.04 Å². The average molecular weight is 429 g/mol. The lowest BCUT2D eigenvalue weighted by Gasteiger charge is -2.20. The monoisotopic (exact) mass is 428 g/mol. The maximum absolute atomic E-state index is 4.55. The maximum atomic E-state index is 4.55.